The largest absolute Gasteiger partial charge is 0.442 e. The van der Waals surface area contributed by atoms with Crippen LogP contribution in [0.5, 0.6) is 0 Å². The van der Waals surface area contributed by atoms with Crippen LogP contribution in [0.2, 0.25) is 25.7 Å². The lowest BCUT2D eigenvalue weighted by atomic mass is 9.86. The fourth-order valence-corrected chi connectivity index (χ4v) is 5.55. The number of pyridine rings is 1. The molecule has 1 unspecified atom stereocenters. The van der Waals surface area contributed by atoms with Crippen LogP contribution < -0.4 is 5.32 Å². The first-order valence-corrected chi connectivity index (χ1v) is 16.0. The number of rotatable bonds is 8. The number of nitrogens with one attached hydrogen (secondary N) is 1. The van der Waals surface area contributed by atoms with Gasteiger partial charge in [-0.1, -0.05) is 33.5 Å². The average Bonchev–Trinajstić information content (AvgIpc) is 3.52. The molecule has 0 radical (unpaired) electrons. The maximum Gasteiger partial charge on any atom is 0.181 e. The van der Waals surface area contributed by atoms with Crippen molar-refractivity contribution in [1.82, 2.24) is 19.7 Å². The van der Waals surface area contributed by atoms with E-state index in [2.05, 4.69) is 73.0 Å². The molecule has 9 heteroatoms. The summed E-state index contributed by atoms with van der Waals surface area (Å²) >= 11 is 0. The van der Waals surface area contributed by atoms with Gasteiger partial charge in [-0.25, -0.2) is 9.67 Å². The summed E-state index contributed by atoms with van der Waals surface area (Å²) in [5, 5.41) is 18.8. The molecule has 0 spiro atoms. The number of ether oxygens (including phenoxy) is 1. The Labute approximate surface area is 212 Å². The molecule has 1 N–H and O–H groups in total. The number of nitriles is 1. The van der Waals surface area contributed by atoms with E-state index in [-0.39, 0.29) is 11.5 Å². The fraction of sp³-hybridized carbons (Fsp3) is 0.407. The van der Waals surface area contributed by atoms with Crippen LogP contribution in [0.15, 0.2) is 47.5 Å². The summed E-state index contributed by atoms with van der Waals surface area (Å²) in [4.78, 5) is 8.74. The minimum absolute atomic E-state index is 0.0198. The third kappa shape index (κ3) is 4.79. The topological polar surface area (TPSA) is 102 Å². The summed E-state index contributed by atoms with van der Waals surface area (Å²) < 4.78 is 13.5. The second-order valence-corrected chi connectivity index (χ2v) is 17.0. The standard InChI is InChI=1S/C27H32N6O2Si/c1-27(2)12-19-10-18(13-28)14-30-24(19)26(27)31-20-6-7-22-21(11-20)25(23-15-29-16-35-23)32-33(22)17-34-8-9-36(3,4)5/h6-7,10-11,14-16,26,31H,8-9,12,17H2,1-5H3. The van der Waals surface area contributed by atoms with Crippen LogP contribution in [0, 0.1) is 16.7 Å². The van der Waals surface area contributed by atoms with Crippen molar-refractivity contribution in [3.8, 4) is 17.5 Å². The number of hydrogen-bond acceptors (Lipinski definition) is 7. The minimum atomic E-state index is -1.16. The van der Waals surface area contributed by atoms with Crippen molar-refractivity contribution in [3.05, 3.63) is 59.9 Å². The SMILES string of the molecule is CC1(C)Cc2cc(C#N)cnc2C1Nc1ccc2c(c1)c(-c1cnco1)nn2COCC[Si](C)(C)C. The first-order valence-electron chi connectivity index (χ1n) is 12.3. The van der Waals surface area contributed by atoms with Gasteiger partial charge in [-0.15, -0.1) is 0 Å². The van der Waals surface area contributed by atoms with Gasteiger partial charge in [0, 0.05) is 32.0 Å². The Morgan fingerprint density at radius 3 is 2.81 bits per heavy atom. The van der Waals surface area contributed by atoms with Gasteiger partial charge in [0.25, 0.3) is 0 Å². The Bertz CT molecular complexity index is 1430. The van der Waals surface area contributed by atoms with E-state index in [1.807, 2.05) is 10.7 Å². The molecule has 8 nitrogen and oxygen atoms in total. The Balaban J connectivity index is 1.46. The first-order chi connectivity index (χ1) is 17.1. The molecule has 36 heavy (non-hydrogen) atoms. The lowest BCUT2D eigenvalue weighted by Crippen LogP contribution is -2.25. The maximum atomic E-state index is 9.28. The summed E-state index contributed by atoms with van der Waals surface area (Å²) in [6, 6.07) is 11.5. The number of hydrogen-bond donors (Lipinski definition) is 1. The second-order valence-electron chi connectivity index (χ2n) is 11.4. The highest BCUT2D eigenvalue weighted by Gasteiger charge is 2.40. The van der Waals surface area contributed by atoms with Gasteiger partial charge in [-0.05, 0) is 47.7 Å². The number of anilines is 1. The molecule has 0 bridgehead atoms. The summed E-state index contributed by atoms with van der Waals surface area (Å²) in [5.74, 6) is 0.621. The molecule has 4 aromatic rings. The van der Waals surface area contributed by atoms with E-state index < -0.39 is 8.07 Å². The molecule has 1 aromatic carbocycles. The van der Waals surface area contributed by atoms with Crippen molar-refractivity contribution in [1.29, 1.82) is 5.26 Å². The van der Waals surface area contributed by atoms with E-state index in [0.29, 0.717) is 18.1 Å². The van der Waals surface area contributed by atoms with Gasteiger partial charge >= 0.3 is 0 Å². The van der Waals surface area contributed by atoms with Gasteiger partial charge in [0.15, 0.2) is 12.2 Å². The van der Waals surface area contributed by atoms with Gasteiger partial charge in [-0.2, -0.15) is 10.4 Å². The fourth-order valence-electron chi connectivity index (χ4n) is 4.79. The predicted octanol–water partition coefficient (Wildman–Crippen LogP) is 6.01. The van der Waals surface area contributed by atoms with E-state index in [0.717, 1.165) is 52.6 Å². The second kappa shape index (κ2) is 9.19. The molecule has 3 heterocycles. The summed E-state index contributed by atoms with van der Waals surface area (Å²) in [7, 11) is -1.16. The third-order valence-corrected chi connectivity index (χ3v) is 8.47. The zero-order valence-electron chi connectivity index (χ0n) is 21.5. The van der Waals surface area contributed by atoms with Crippen molar-refractivity contribution in [2.24, 2.45) is 5.41 Å². The van der Waals surface area contributed by atoms with Crippen molar-refractivity contribution in [2.75, 3.05) is 11.9 Å². The monoisotopic (exact) mass is 500 g/mol. The Kier molecular flexibility index (Phi) is 6.18. The van der Waals surface area contributed by atoms with Crippen LogP contribution >= 0.6 is 0 Å². The molecule has 1 atom stereocenters. The molecule has 3 aromatic heterocycles. The highest BCUT2D eigenvalue weighted by Crippen LogP contribution is 2.46. The average molecular weight is 501 g/mol. The minimum Gasteiger partial charge on any atom is -0.442 e. The Hall–Kier alpha value is -3.48. The molecule has 1 aliphatic carbocycles. The van der Waals surface area contributed by atoms with Crippen molar-refractivity contribution in [2.45, 2.75) is 58.7 Å². The number of nitrogens with zero attached hydrogens (tertiary/aromatic N) is 5. The van der Waals surface area contributed by atoms with Gasteiger partial charge in [-0.3, -0.25) is 4.98 Å². The van der Waals surface area contributed by atoms with Gasteiger partial charge in [0.05, 0.1) is 29.0 Å². The lowest BCUT2D eigenvalue weighted by molar-refractivity contribution is 0.0818. The van der Waals surface area contributed by atoms with Crippen LogP contribution in [0.25, 0.3) is 22.4 Å². The summed E-state index contributed by atoms with van der Waals surface area (Å²) in [5.41, 5.74) is 5.36. The normalized spacial score (nSPS) is 16.7. The van der Waals surface area contributed by atoms with Gasteiger partial charge in [0.2, 0.25) is 0 Å². The van der Waals surface area contributed by atoms with Crippen LogP contribution in [-0.2, 0) is 17.9 Å². The summed E-state index contributed by atoms with van der Waals surface area (Å²) in [6.07, 6.45) is 5.63. The van der Waals surface area contributed by atoms with E-state index >= 15 is 0 Å². The van der Waals surface area contributed by atoms with Crippen molar-refractivity contribution < 1.29 is 9.15 Å². The Morgan fingerprint density at radius 2 is 2.08 bits per heavy atom. The van der Waals surface area contributed by atoms with Crippen LogP contribution in [0.3, 0.4) is 0 Å². The molecule has 0 saturated heterocycles. The third-order valence-electron chi connectivity index (χ3n) is 6.77. The quantitative estimate of drug-likeness (QED) is 0.234. The number of oxazole rings is 1. The van der Waals surface area contributed by atoms with E-state index in [4.69, 9.17) is 14.3 Å². The van der Waals surface area contributed by atoms with Crippen LogP contribution in [0.1, 0.15) is 36.7 Å². The molecule has 186 valence electrons. The molecule has 1 aliphatic rings. The molecule has 0 aliphatic heterocycles. The van der Waals surface area contributed by atoms with Gasteiger partial charge < -0.3 is 14.5 Å². The lowest BCUT2D eigenvalue weighted by Gasteiger charge is -2.28. The van der Waals surface area contributed by atoms with Crippen molar-refractivity contribution >= 4 is 24.7 Å². The zero-order valence-corrected chi connectivity index (χ0v) is 22.5. The predicted molar refractivity (Wildman–Crippen MR) is 142 cm³/mol. The molecular weight excluding hydrogens is 468 g/mol. The van der Waals surface area contributed by atoms with E-state index in [1.165, 1.54) is 6.39 Å². The molecule has 0 fully saturated rings. The number of benzene rings is 1. The maximum absolute atomic E-state index is 9.28. The van der Waals surface area contributed by atoms with Crippen molar-refractivity contribution in [3.63, 3.8) is 0 Å². The molecular formula is C27H32N6O2Si. The Morgan fingerprint density at radius 1 is 1.25 bits per heavy atom. The smallest absolute Gasteiger partial charge is 0.181 e. The summed E-state index contributed by atoms with van der Waals surface area (Å²) in [6.45, 7) is 12.6. The van der Waals surface area contributed by atoms with Gasteiger partial charge in [0.1, 0.15) is 18.5 Å². The van der Waals surface area contributed by atoms with Crippen LogP contribution in [-0.4, -0.2) is 34.4 Å². The molecule has 0 saturated carbocycles. The number of aromatic nitrogens is 4. The number of fused-ring (bicyclic) bond motifs is 2. The van der Waals surface area contributed by atoms with E-state index in [9.17, 15) is 5.26 Å². The van der Waals surface area contributed by atoms with Crippen LogP contribution in [0.4, 0.5) is 5.69 Å². The first kappa shape index (κ1) is 24.2. The molecule has 0 amide bonds. The zero-order chi connectivity index (χ0) is 25.5. The molecule has 5 rings (SSSR count). The highest BCUT2D eigenvalue weighted by atomic mass is 28.3. The van der Waals surface area contributed by atoms with E-state index in [1.54, 1.807) is 12.4 Å². The highest BCUT2D eigenvalue weighted by molar-refractivity contribution is 6.76.